The molecule has 0 aromatic heterocycles. The number of aromatic hydroxyl groups is 1. The fourth-order valence-electron chi connectivity index (χ4n) is 2.57. The maximum absolute atomic E-state index is 9.36. The molecule has 3 N–H and O–H groups in total. The molecule has 1 unspecified atom stereocenters. The lowest BCUT2D eigenvalue weighted by Crippen LogP contribution is -2.38. The van der Waals surface area contributed by atoms with Crippen molar-refractivity contribution in [1.29, 1.82) is 0 Å². The Morgan fingerprint density at radius 1 is 1.20 bits per heavy atom. The second kappa shape index (κ2) is 8.97. The Morgan fingerprint density at radius 3 is 2.56 bits per heavy atom. The fourth-order valence-corrected chi connectivity index (χ4v) is 2.57. The molecular weight excluding hydrogens is 314 g/mol. The molecule has 0 fully saturated rings. The molecule has 0 heterocycles. The summed E-state index contributed by atoms with van der Waals surface area (Å²) in [5, 5.41) is 16.1. The first-order chi connectivity index (χ1) is 12.0. The highest BCUT2D eigenvalue weighted by molar-refractivity contribution is 5.80. The van der Waals surface area contributed by atoms with Gasteiger partial charge < -0.3 is 20.5 Å². The van der Waals surface area contributed by atoms with E-state index >= 15 is 0 Å². The van der Waals surface area contributed by atoms with Gasteiger partial charge in [0.1, 0.15) is 11.5 Å². The van der Waals surface area contributed by atoms with Crippen LogP contribution in [0.1, 0.15) is 36.6 Å². The highest BCUT2D eigenvalue weighted by Gasteiger charge is 2.13. The maximum atomic E-state index is 9.36. The van der Waals surface area contributed by atoms with E-state index in [1.54, 1.807) is 19.2 Å². The third kappa shape index (κ3) is 5.41. The van der Waals surface area contributed by atoms with E-state index in [1.165, 1.54) is 5.56 Å². The third-order valence-electron chi connectivity index (χ3n) is 3.91. The number of hydrogen-bond donors (Lipinski definition) is 3. The van der Waals surface area contributed by atoms with Gasteiger partial charge in [0.2, 0.25) is 0 Å². The zero-order valence-corrected chi connectivity index (χ0v) is 15.3. The molecular formula is C20H27N3O2. The minimum Gasteiger partial charge on any atom is -0.508 e. The molecule has 25 heavy (non-hydrogen) atoms. The SMILES string of the molecule is CCNC(=NCc1ccc(O)cc1)NC(C)c1cc(C)ccc1OC. The highest BCUT2D eigenvalue weighted by atomic mass is 16.5. The average molecular weight is 341 g/mol. The molecule has 0 saturated carbocycles. The van der Waals surface area contributed by atoms with Gasteiger partial charge >= 0.3 is 0 Å². The molecule has 0 aliphatic rings. The van der Waals surface area contributed by atoms with Crippen molar-refractivity contribution in [3.63, 3.8) is 0 Å². The van der Waals surface area contributed by atoms with Crippen molar-refractivity contribution in [3.8, 4) is 11.5 Å². The minimum atomic E-state index is 0.0486. The molecule has 134 valence electrons. The molecule has 2 aromatic rings. The Kier molecular flexibility index (Phi) is 6.69. The van der Waals surface area contributed by atoms with E-state index in [0.29, 0.717) is 6.54 Å². The second-order valence-electron chi connectivity index (χ2n) is 5.97. The van der Waals surface area contributed by atoms with E-state index in [1.807, 2.05) is 31.2 Å². The van der Waals surface area contributed by atoms with E-state index < -0.39 is 0 Å². The van der Waals surface area contributed by atoms with Crippen molar-refractivity contribution in [2.75, 3.05) is 13.7 Å². The normalized spacial score (nSPS) is 12.6. The molecule has 0 amide bonds. The van der Waals surface area contributed by atoms with Crippen LogP contribution in [0.2, 0.25) is 0 Å². The van der Waals surface area contributed by atoms with Gasteiger partial charge in [-0.2, -0.15) is 0 Å². The Balaban J connectivity index is 2.13. The van der Waals surface area contributed by atoms with Gasteiger partial charge in [-0.15, -0.1) is 0 Å². The largest absolute Gasteiger partial charge is 0.508 e. The molecule has 1 atom stereocenters. The number of aryl methyl sites for hydroxylation is 1. The van der Waals surface area contributed by atoms with Crippen LogP contribution < -0.4 is 15.4 Å². The molecule has 2 aromatic carbocycles. The summed E-state index contributed by atoms with van der Waals surface area (Å²) in [6.07, 6.45) is 0. The van der Waals surface area contributed by atoms with E-state index in [-0.39, 0.29) is 11.8 Å². The number of phenolic OH excluding ortho intramolecular Hbond substituents is 1. The van der Waals surface area contributed by atoms with Gasteiger partial charge in [0.15, 0.2) is 5.96 Å². The summed E-state index contributed by atoms with van der Waals surface area (Å²) in [5.41, 5.74) is 3.32. The van der Waals surface area contributed by atoms with Crippen molar-refractivity contribution in [1.82, 2.24) is 10.6 Å². The number of benzene rings is 2. The van der Waals surface area contributed by atoms with Crippen molar-refractivity contribution < 1.29 is 9.84 Å². The Labute approximate surface area is 149 Å². The zero-order valence-electron chi connectivity index (χ0n) is 15.3. The molecule has 2 rings (SSSR count). The molecule has 0 radical (unpaired) electrons. The summed E-state index contributed by atoms with van der Waals surface area (Å²) in [6.45, 7) is 7.51. The summed E-state index contributed by atoms with van der Waals surface area (Å²) >= 11 is 0. The van der Waals surface area contributed by atoms with Crippen LogP contribution in [-0.2, 0) is 6.54 Å². The number of methoxy groups -OCH3 is 1. The van der Waals surface area contributed by atoms with Crippen LogP contribution in [0.3, 0.4) is 0 Å². The van der Waals surface area contributed by atoms with E-state index in [2.05, 4.69) is 35.5 Å². The number of hydrogen-bond acceptors (Lipinski definition) is 3. The quantitative estimate of drug-likeness (QED) is 0.555. The van der Waals surface area contributed by atoms with Crippen LogP contribution in [0.15, 0.2) is 47.5 Å². The molecule has 5 nitrogen and oxygen atoms in total. The predicted octanol–water partition coefficient (Wildman–Crippen LogP) is 3.53. The maximum Gasteiger partial charge on any atom is 0.192 e. The van der Waals surface area contributed by atoms with Gasteiger partial charge in [0.25, 0.3) is 0 Å². The number of guanidine groups is 1. The van der Waals surface area contributed by atoms with Crippen molar-refractivity contribution >= 4 is 5.96 Å². The predicted molar refractivity (Wildman–Crippen MR) is 102 cm³/mol. The Hall–Kier alpha value is -2.69. The topological polar surface area (TPSA) is 65.9 Å². The van der Waals surface area contributed by atoms with Gasteiger partial charge in [-0.3, -0.25) is 0 Å². The number of aliphatic imine (C=N–C) groups is 1. The Morgan fingerprint density at radius 2 is 1.92 bits per heavy atom. The van der Waals surface area contributed by atoms with E-state index in [9.17, 15) is 5.11 Å². The van der Waals surface area contributed by atoms with Crippen LogP contribution in [-0.4, -0.2) is 24.7 Å². The number of nitrogens with zero attached hydrogens (tertiary/aromatic N) is 1. The van der Waals surface area contributed by atoms with Gasteiger partial charge in [-0.05, 0) is 44.5 Å². The van der Waals surface area contributed by atoms with Crippen LogP contribution in [0.25, 0.3) is 0 Å². The number of phenols is 1. The smallest absolute Gasteiger partial charge is 0.192 e. The fraction of sp³-hybridized carbons (Fsp3) is 0.350. The van der Waals surface area contributed by atoms with Gasteiger partial charge in [-0.1, -0.05) is 29.8 Å². The van der Waals surface area contributed by atoms with Crippen molar-refractivity contribution in [2.24, 2.45) is 4.99 Å². The number of nitrogens with one attached hydrogen (secondary N) is 2. The minimum absolute atomic E-state index is 0.0486. The monoisotopic (exact) mass is 341 g/mol. The lowest BCUT2D eigenvalue weighted by molar-refractivity contribution is 0.405. The van der Waals surface area contributed by atoms with Gasteiger partial charge in [-0.25, -0.2) is 4.99 Å². The summed E-state index contributed by atoms with van der Waals surface area (Å²) in [7, 11) is 1.69. The lowest BCUT2D eigenvalue weighted by atomic mass is 10.0. The first-order valence-corrected chi connectivity index (χ1v) is 8.50. The summed E-state index contributed by atoms with van der Waals surface area (Å²) in [6, 6.07) is 13.3. The second-order valence-corrected chi connectivity index (χ2v) is 5.97. The molecule has 0 spiro atoms. The lowest BCUT2D eigenvalue weighted by Gasteiger charge is -2.20. The van der Waals surface area contributed by atoms with Crippen LogP contribution in [0.4, 0.5) is 0 Å². The van der Waals surface area contributed by atoms with Crippen LogP contribution in [0.5, 0.6) is 11.5 Å². The first-order valence-electron chi connectivity index (χ1n) is 8.50. The average Bonchev–Trinajstić information content (AvgIpc) is 2.61. The third-order valence-corrected chi connectivity index (χ3v) is 3.91. The first kappa shape index (κ1) is 18.6. The van der Waals surface area contributed by atoms with Crippen molar-refractivity contribution in [2.45, 2.75) is 33.4 Å². The molecule has 0 saturated heterocycles. The summed E-state index contributed by atoms with van der Waals surface area (Å²) < 4.78 is 5.48. The number of rotatable bonds is 6. The Bertz CT molecular complexity index is 711. The molecule has 0 aliphatic heterocycles. The van der Waals surface area contributed by atoms with Gasteiger partial charge in [0, 0.05) is 12.1 Å². The zero-order chi connectivity index (χ0) is 18.2. The number of ether oxygens (including phenoxy) is 1. The molecule has 5 heteroatoms. The van der Waals surface area contributed by atoms with E-state index in [4.69, 9.17) is 4.74 Å². The van der Waals surface area contributed by atoms with E-state index in [0.717, 1.165) is 29.4 Å². The summed E-state index contributed by atoms with van der Waals surface area (Å²) in [5.74, 6) is 1.87. The van der Waals surface area contributed by atoms with Crippen LogP contribution in [0, 0.1) is 6.92 Å². The molecule has 0 bridgehead atoms. The standard InChI is InChI=1S/C20H27N3O2/c1-5-21-20(22-13-16-7-9-17(24)10-8-16)23-15(3)18-12-14(2)6-11-19(18)25-4/h6-12,15,24H,5,13H2,1-4H3,(H2,21,22,23). The van der Waals surface area contributed by atoms with Gasteiger partial charge in [0.05, 0.1) is 19.7 Å². The molecule has 0 aliphatic carbocycles. The van der Waals surface area contributed by atoms with Crippen molar-refractivity contribution in [3.05, 3.63) is 59.2 Å². The highest BCUT2D eigenvalue weighted by Crippen LogP contribution is 2.26. The van der Waals surface area contributed by atoms with Crippen LogP contribution >= 0.6 is 0 Å². The summed E-state index contributed by atoms with van der Waals surface area (Å²) in [4.78, 5) is 4.63.